The maximum absolute atomic E-state index is 9.92. The summed E-state index contributed by atoms with van der Waals surface area (Å²) in [5, 5.41) is 13.2. The molecule has 1 saturated carbocycles. The first kappa shape index (κ1) is 13.0. The lowest BCUT2D eigenvalue weighted by atomic mass is 10.1. The highest BCUT2D eigenvalue weighted by Crippen LogP contribution is 2.32. The van der Waals surface area contributed by atoms with E-state index in [0.717, 1.165) is 18.4 Å². The van der Waals surface area contributed by atoms with Crippen molar-refractivity contribution in [2.75, 3.05) is 5.32 Å². The topological polar surface area (TPSA) is 58.3 Å². The Hall–Kier alpha value is -1.97. The average molecular weight is 272 g/mol. The van der Waals surface area contributed by atoms with Gasteiger partial charge in [-0.2, -0.15) is 4.98 Å². The van der Waals surface area contributed by atoms with Crippen molar-refractivity contribution in [1.29, 1.82) is 0 Å². The van der Waals surface area contributed by atoms with Crippen molar-refractivity contribution in [3.63, 3.8) is 0 Å². The standard InChI is InChI=1S/C16H20N2O2/c19-15-14(12-8-4-3-5-9-12)20-16(18-15)17-13-10-6-1-2-7-11-13/h3-5,8-9,13,19H,1-2,6-7,10-11H2,(H,17,18). The molecule has 2 aromatic rings. The molecule has 1 aliphatic rings. The van der Waals surface area contributed by atoms with Gasteiger partial charge in [0.25, 0.3) is 11.9 Å². The molecule has 2 N–H and O–H groups in total. The van der Waals surface area contributed by atoms with Gasteiger partial charge in [-0.25, -0.2) is 0 Å². The van der Waals surface area contributed by atoms with Crippen molar-refractivity contribution in [2.45, 2.75) is 44.6 Å². The van der Waals surface area contributed by atoms with Crippen LogP contribution in [0.4, 0.5) is 6.01 Å². The molecule has 20 heavy (non-hydrogen) atoms. The van der Waals surface area contributed by atoms with E-state index in [1.807, 2.05) is 30.3 Å². The van der Waals surface area contributed by atoms with Crippen LogP contribution in [0.5, 0.6) is 5.88 Å². The Morgan fingerprint density at radius 3 is 2.45 bits per heavy atom. The van der Waals surface area contributed by atoms with Crippen LogP contribution in [0.2, 0.25) is 0 Å². The molecule has 1 heterocycles. The fourth-order valence-electron chi connectivity index (χ4n) is 2.75. The van der Waals surface area contributed by atoms with E-state index in [4.69, 9.17) is 4.42 Å². The number of aromatic nitrogens is 1. The van der Waals surface area contributed by atoms with Gasteiger partial charge in [0.05, 0.1) is 0 Å². The van der Waals surface area contributed by atoms with Crippen molar-refractivity contribution >= 4 is 6.01 Å². The lowest BCUT2D eigenvalue weighted by Gasteiger charge is -2.13. The van der Waals surface area contributed by atoms with Gasteiger partial charge in [-0.15, -0.1) is 0 Å². The van der Waals surface area contributed by atoms with Crippen LogP contribution in [0, 0.1) is 0 Å². The van der Waals surface area contributed by atoms with Crippen molar-refractivity contribution in [1.82, 2.24) is 4.98 Å². The van der Waals surface area contributed by atoms with Gasteiger partial charge in [0.2, 0.25) is 0 Å². The molecule has 0 aliphatic heterocycles. The number of hydrogen-bond donors (Lipinski definition) is 2. The summed E-state index contributed by atoms with van der Waals surface area (Å²) in [6, 6.07) is 10.4. The second kappa shape index (κ2) is 5.99. The van der Waals surface area contributed by atoms with Gasteiger partial charge in [0.15, 0.2) is 5.76 Å². The van der Waals surface area contributed by atoms with E-state index in [0.29, 0.717) is 17.8 Å². The average Bonchev–Trinajstić information content (AvgIpc) is 2.67. The van der Waals surface area contributed by atoms with Gasteiger partial charge < -0.3 is 14.8 Å². The molecule has 0 bridgehead atoms. The Labute approximate surface area is 118 Å². The summed E-state index contributed by atoms with van der Waals surface area (Å²) in [5.74, 6) is 0.383. The maximum Gasteiger partial charge on any atom is 0.298 e. The highest BCUT2D eigenvalue weighted by atomic mass is 16.4. The van der Waals surface area contributed by atoms with Gasteiger partial charge >= 0.3 is 0 Å². The first-order valence-electron chi connectivity index (χ1n) is 7.34. The SMILES string of the molecule is Oc1nc(NC2CCCCCC2)oc1-c1ccccc1. The Morgan fingerprint density at radius 1 is 1.05 bits per heavy atom. The quantitative estimate of drug-likeness (QED) is 0.823. The number of aromatic hydroxyl groups is 1. The number of benzene rings is 1. The summed E-state index contributed by atoms with van der Waals surface area (Å²) >= 11 is 0. The van der Waals surface area contributed by atoms with Crippen LogP contribution in [0.15, 0.2) is 34.7 Å². The first-order valence-corrected chi connectivity index (χ1v) is 7.34. The van der Waals surface area contributed by atoms with Gasteiger partial charge in [0.1, 0.15) is 0 Å². The number of rotatable bonds is 3. The Kier molecular flexibility index (Phi) is 3.90. The number of hydrogen-bond acceptors (Lipinski definition) is 4. The van der Waals surface area contributed by atoms with E-state index in [1.165, 1.54) is 25.7 Å². The molecule has 1 aromatic carbocycles. The van der Waals surface area contributed by atoms with Crippen molar-refractivity contribution < 1.29 is 9.52 Å². The molecule has 4 nitrogen and oxygen atoms in total. The van der Waals surface area contributed by atoms with E-state index >= 15 is 0 Å². The summed E-state index contributed by atoms with van der Waals surface area (Å²) in [7, 11) is 0. The molecule has 0 spiro atoms. The molecular weight excluding hydrogens is 252 g/mol. The van der Waals surface area contributed by atoms with Crippen LogP contribution in [-0.4, -0.2) is 16.1 Å². The number of nitrogens with zero attached hydrogens (tertiary/aromatic N) is 1. The van der Waals surface area contributed by atoms with Gasteiger partial charge in [-0.3, -0.25) is 0 Å². The highest BCUT2D eigenvalue weighted by Gasteiger charge is 2.18. The second-order valence-corrected chi connectivity index (χ2v) is 5.37. The van der Waals surface area contributed by atoms with Crippen LogP contribution in [0.3, 0.4) is 0 Å². The maximum atomic E-state index is 9.92. The molecule has 106 valence electrons. The Morgan fingerprint density at radius 2 is 1.75 bits per heavy atom. The molecule has 4 heteroatoms. The Balaban J connectivity index is 1.75. The first-order chi connectivity index (χ1) is 9.83. The fraction of sp³-hybridized carbons (Fsp3) is 0.438. The van der Waals surface area contributed by atoms with Crippen LogP contribution in [0.25, 0.3) is 11.3 Å². The van der Waals surface area contributed by atoms with Crippen LogP contribution in [-0.2, 0) is 0 Å². The smallest absolute Gasteiger partial charge is 0.298 e. The monoisotopic (exact) mass is 272 g/mol. The van der Waals surface area contributed by atoms with Crippen LogP contribution >= 0.6 is 0 Å². The third-order valence-electron chi connectivity index (χ3n) is 3.83. The molecule has 1 fully saturated rings. The van der Waals surface area contributed by atoms with Crippen molar-refractivity contribution in [3.05, 3.63) is 30.3 Å². The minimum Gasteiger partial charge on any atom is -0.490 e. The van der Waals surface area contributed by atoms with E-state index in [2.05, 4.69) is 10.3 Å². The van der Waals surface area contributed by atoms with Crippen molar-refractivity contribution in [2.24, 2.45) is 0 Å². The van der Waals surface area contributed by atoms with Crippen molar-refractivity contribution in [3.8, 4) is 17.2 Å². The molecule has 3 rings (SSSR count). The molecule has 1 aliphatic carbocycles. The molecule has 0 unspecified atom stereocenters. The normalized spacial score (nSPS) is 16.8. The second-order valence-electron chi connectivity index (χ2n) is 5.37. The number of nitrogens with one attached hydrogen (secondary N) is 1. The third-order valence-corrected chi connectivity index (χ3v) is 3.83. The predicted octanol–water partition coefficient (Wildman–Crippen LogP) is 4.18. The third kappa shape index (κ3) is 2.95. The van der Waals surface area contributed by atoms with E-state index in [1.54, 1.807) is 0 Å². The zero-order valence-corrected chi connectivity index (χ0v) is 11.5. The minimum atomic E-state index is -0.0488. The molecule has 0 radical (unpaired) electrons. The summed E-state index contributed by atoms with van der Waals surface area (Å²) in [5.41, 5.74) is 0.839. The lowest BCUT2D eigenvalue weighted by molar-refractivity contribution is 0.453. The lowest BCUT2D eigenvalue weighted by Crippen LogP contribution is -2.18. The van der Waals surface area contributed by atoms with E-state index in [9.17, 15) is 5.11 Å². The number of oxazole rings is 1. The predicted molar refractivity (Wildman–Crippen MR) is 78.7 cm³/mol. The molecule has 0 amide bonds. The van der Waals surface area contributed by atoms with Gasteiger partial charge in [-0.1, -0.05) is 56.0 Å². The van der Waals surface area contributed by atoms with Gasteiger partial charge in [0, 0.05) is 11.6 Å². The van der Waals surface area contributed by atoms with Crippen LogP contribution < -0.4 is 5.32 Å². The largest absolute Gasteiger partial charge is 0.490 e. The van der Waals surface area contributed by atoms with E-state index < -0.39 is 0 Å². The van der Waals surface area contributed by atoms with Crippen LogP contribution in [0.1, 0.15) is 38.5 Å². The van der Waals surface area contributed by atoms with E-state index in [-0.39, 0.29) is 5.88 Å². The summed E-state index contributed by atoms with van der Waals surface area (Å²) in [4.78, 5) is 4.09. The molecule has 0 saturated heterocycles. The summed E-state index contributed by atoms with van der Waals surface area (Å²) in [6.45, 7) is 0. The minimum absolute atomic E-state index is 0.0488. The molecule has 0 atom stereocenters. The van der Waals surface area contributed by atoms with Gasteiger partial charge in [-0.05, 0) is 12.8 Å². The molecule has 1 aromatic heterocycles. The fourth-order valence-corrected chi connectivity index (χ4v) is 2.75. The summed E-state index contributed by atoms with van der Waals surface area (Å²) in [6.07, 6.45) is 7.40. The Bertz CT molecular complexity index is 543. The highest BCUT2D eigenvalue weighted by molar-refractivity contribution is 5.63. The zero-order valence-electron chi connectivity index (χ0n) is 11.5. The zero-order chi connectivity index (χ0) is 13.8. The number of anilines is 1. The molecular formula is C16H20N2O2. The summed E-state index contributed by atoms with van der Waals surface area (Å²) < 4.78 is 5.67.